The highest BCUT2D eigenvalue weighted by molar-refractivity contribution is 7.59. The summed E-state index contributed by atoms with van der Waals surface area (Å²) in [6.45, 7) is 10.4. The molecule has 1 aliphatic rings. The maximum atomic E-state index is 12.1. The van der Waals surface area contributed by atoms with Gasteiger partial charge in [0.15, 0.2) is 0 Å². The van der Waals surface area contributed by atoms with E-state index < -0.39 is 0 Å². The van der Waals surface area contributed by atoms with Gasteiger partial charge in [-0.25, -0.2) is 4.79 Å². The summed E-state index contributed by atoms with van der Waals surface area (Å²) in [5.74, 6) is 0.832. The summed E-state index contributed by atoms with van der Waals surface area (Å²) >= 11 is 0. The van der Waals surface area contributed by atoms with Crippen LogP contribution in [0.1, 0.15) is 61.2 Å². The fourth-order valence-corrected chi connectivity index (χ4v) is 2.68. The Morgan fingerprint density at radius 1 is 1.27 bits per heavy atom. The highest BCUT2D eigenvalue weighted by atomic mass is 32.1. The van der Waals surface area contributed by atoms with Crippen molar-refractivity contribution in [3.8, 4) is 11.5 Å². The molecule has 0 spiro atoms. The molecule has 0 saturated heterocycles. The summed E-state index contributed by atoms with van der Waals surface area (Å²) in [5.41, 5.74) is 3.58. The average Bonchev–Trinajstić information content (AvgIpc) is 3.02. The lowest BCUT2D eigenvalue weighted by atomic mass is 9.95. The van der Waals surface area contributed by atoms with Crippen LogP contribution < -0.4 is 9.47 Å². The molecule has 0 amide bonds. The van der Waals surface area contributed by atoms with Gasteiger partial charge in [-0.3, -0.25) is 4.79 Å². The number of rotatable bonds is 7. The fraction of sp³-hybridized carbons (Fsp3) is 0.500. The Labute approximate surface area is 163 Å². The van der Waals surface area contributed by atoms with Crippen LogP contribution in [0.3, 0.4) is 0 Å². The fourth-order valence-electron chi connectivity index (χ4n) is 2.68. The van der Waals surface area contributed by atoms with Crippen LogP contribution >= 0.6 is 13.5 Å². The molecule has 0 fully saturated rings. The first-order chi connectivity index (χ1) is 12.0. The predicted molar refractivity (Wildman–Crippen MR) is 108 cm³/mol. The minimum atomic E-state index is -0.366. The summed E-state index contributed by atoms with van der Waals surface area (Å²) in [6.07, 6.45) is 3.88. The van der Waals surface area contributed by atoms with E-state index in [-0.39, 0.29) is 26.1 Å². The van der Waals surface area contributed by atoms with E-state index in [1.807, 2.05) is 27.7 Å². The number of benzene rings is 1. The Bertz CT molecular complexity index is 665. The zero-order valence-corrected chi connectivity index (χ0v) is 17.5. The van der Waals surface area contributed by atoms with Gasteiger partial charge in [0.05, 0.1) is 13.7 Å². The molecule has 6 heteroatoms. The SMILES string of the molecule is CC.CCCOc1c(C/C=C(\C)C=O)c(OC)c(C)c2c1C(=O)OC2.S. The van der Waals surface area contributed by atoms with Crippen LogP contribution in [0.15, 0.2) is 11.6 Å². The van der Waals surface area contributed by atoms with Gasteiger partial charge in [-0.2, -0.15) is 13.5 Å². The number of allylic oxidation sites excluding steroid dienone is 2. The number of hydrogen-bond acceptors (Lipinski definition) is 5. The van der Waals surface area contributed by atoms with Crippen molar-refractivity contribution in [3.05, 3.63) is 33.9 Å². The summed E-state index contributed by atoms with van der Waals surface area (Å²) in [5, 5.41) is 0. The van der Waals surface area contributed by atoms with Gasteiger partial charge in [0, 0.05) is 11.1 Å². The molecule has 5 nitrogen and oxygen atoms in total. The lowest BCUT2D eigenvalue weighted by Crippen LogP contribution is -2.09. The zero-order valence-electron chi connectivity index (χ0n) is 16.5. The van der Waals surface area contributed by atoms with Crippen LogP contribution in [0.4, 0.5) is 0 Å². The van der Waals surface area contributed by atoms with Gasteiger partial charge in [-0.05, 0) is 37.8 Å². The molecule has 0 N–H and O–H groups in total. The van der Waals surface area contributed by atoms with Gasteiger partial charge in [0.2, 0.25) is 0 Å². The largest absolute Gasteiger partial charge is 0.496 e. The second-order valence-corrected chi connectivity index (χ2v) is 5.51. The zero-order chi connectivity index (χ0) is 19.0. The van der Waals surface area contributed by atoms with Crippen molar-refractivity contribution in [1.29, 1.82) is 0 Å². The third-order valence-electron chi connectivity index (χ3n) is 3.89. The third-order valence-corrected chi connectivity index (χ3v) is 3.89. The van der Waals surface area contributed by atoms with Gasteiger partial charge in [-0.15, -0.1) is 0 Å². The van der Waals surface area contributed by atoms with E-state index in [1.165, 1.54) is 0 Å². The quantitative estimate of drug-likeness (QED) is 0.400. The predicted octanol–water partition coefficient (Wildman–Crippen LogP) is 4.29. The molecular weight excluding hydrogens is 352 g/mol. The van der Waals surface area contributed by atoms with Crippen molar-refractivity contribution in [2.45, 2.75) is 54.1 Å². The molecule has 1 heterocycles. The number of ether oxygens (including phenoxy) is 3. The Morgan fingerprint density at radius 3 is 2.46 bits per heavy atom. The topological polar surface area (TPSA) is 61.8 Å². The lowest BCUT2D eigenvalue weighted by molar-refractivity contribution is -0.104. The lowest BCUT2D eigenvalue weighted by Gasteiger charge is -2.19. The molecule has 0 aliphatic carbocycles. The molecule has 0 atom stereocenters. The number of carbonyl (C=O) groups excluding carboxylic acids is 2. The van der Waals surface area contributed by atoms with Crippen LogP contribution in [0.25, 0.3) is 0 Å². The molecule has 1 aliphatic heterocycles. The number of hydrogen-bond donors (Lipinski definition) is 0. The second-order valence-electron chi connectivity index (χ2n) is 5.51. The molecule has 0 bridgehead atoms. The minimum Gasteiger partial charge on any atom is -0.496 e. The van der Waals surface area contributed by atoms with Crippen molar-refractivity contribution in [1.82, 2.24) is 0 Å². The summed E-state index contributed by atoms with van der Waals surface area (Å²) < 4.78 is 16.6. The molecule has 0 aromatic heterocycles. The van der Waals surface area contributed by atoms with Crippen LogP contribution in [0.2, 0.25) is 0 Å². The van der Waals surface area contributed by atoms with Crippen LogP contribution in [-0.2, 0) is 22.6 Å². The van der Waals surface area contributed by atoms with Crippen molar-refractivity contribution in [3.63, 3.8) is 0 Å². The highest BCUT2D eigenvalue weighted by Gasteiger charge is 2.32. The molecule has 1 aromatic rings. The molecule has 2 rings (SSSR count). The van der Waals surface area contributed by atoms with Crippen LogP contribution in [0.5, 0.6) is 11.5 Å². The summed E-state index contributed by atoms with van der Waals surface area (Å²) in [4.78, 5) is 23.0. The number of methoxy groups -OCH3 is 1. The average molecular weight is 383 g/mol. The molecule has 1 aromatic carbocycles. The van der Waals surface area contributed by atoms with Crippen molar-refractivity contribution >= 4 is 25.8 Å². The second kappa shape index (κ2) is 11.6. The van der Waals surface area contributed by atoms with Gasteiger partial charge in [0.1, 0.15) is 30.0 Å². The first-order valence-electron chi connectivity index (χ1n) is 8.69. The molecule has 26 heavy (non-hydrogen) atoms. The van der Waals surface area contributed by atoms with E-state index in [0.29, 0.717) is 35.7 Å². The van der Waals surface area contributed by atoms with Crippen LogP contribution in [-0.4, -0.2) is 26.0 Å². The first-order valence-corrected chi connectivity index (χ1v) is 8.69. The number of cyclic esters (lactones) is 1. The van der Waals surface area contributed by atoms with E-state index >= 15 is 0 Å². The molecule has 146 valence electrons. The molecule has 0 radical (unpaired) electrons. The summed E-state index contributed by atoms with van der Waals surface area (Å²) in [7, 11) is 1.59. The first kappa shape index (κ1) is 24.1. The number of fused-ring (bicyclic) bond motifs is 1. The Balaban J connectivity index is 0.00000201. The number of carbonyl (C=O) groups is 2. The number of esters is 1. The monoisotopic (exact) mass is 382 g/mol. The minimum absolute atomic E-state index is 0. The van der Waals surface area contributed by atoms with Crippen LogP contribution in [0, 0.1) is 6.92 Å². The number of aldehydes is 1. The van der Waals surface area contributed by atoms with E-state index in [9.17, 15) is 9.59 Å². The van der Waals surface area contributed by atoms with Gasteiger partial charge < -0.3 is 14.2 Å². The Hall–Kier alpha value is -1.95. The highest BCUT2D eigenvalue weighted by Crippen LogP contribution is 2.42. The normalized spacial score (nSPS) is 12.2. The van der Waals surface area contributed by atoms with E-state index in [1.54, 1.807) is 20.1 Å². The Morgan fingerprint density at radius 2 is 1.92 bits per heavy atom. The molecule has 0 saturated carbocycles. The molecular formula is C20H30O5S. The molecule has 0 unspecified atom stereocenters. The van der Waals surface area contributed by atoms with Gasteiger partial charge in [-0.1, -0.05) is 26.8 Å². The Kier molecular flexibility index (Phi) is 10.8. The standard InChI is InChI=1S/C18H22O5.C2H6.H2S/c1-5-8-22-17-13(7-6-11(2)9-19)16(21-4)12(3)14-10-23-18(20)15(14)17;1-2;/h6,9H,5,7-8,10H2,1-4H3;1-2H3;1H2/b11-6+;;. The van der Waals surface area contributed by atoms with E-state index in [0.717, 1.165) is 29.4 Å². The third kappa shape index (κ3) is 5.04. The maximum absolute atomic E-state index is 12.1. The van der Waals surface area contributed by atoms with E-state index in [4.69, 9.17) is 14.2 Å². The van der Waals surface area contributed by atoms with Gasteiger partial charge >= 0.3 is 5.97 Å². The van der Waals surface area contributed by atoms with Crippen molar-refractivity contribution < 1.29 is 23.8 Å². The maximum Gasteiger partial charge on any atom is 0.342 e. The van der Waals surface area contributed by atoms with Crippen molar-refractivity contribution in [2.24, 2.45) is 0 Å². The summed E-state index contributed by atoms with van der Waals surface area (Å²) in [6, 6.07) is 0. The van der Waals surface area contributed by atoms with E-state index in [2.05, 4.69) is 0 Å². The van der Waals surface area contributed by atoms with Crippen molar-refractivity contribution in [2.75, 3.05) is 13.7 Å². The van der Waals surface area contributed by atoms with Gasteiger partial charge in [0.25, 0.3) is 0 Å². The smallest absolute Gasteiger partial charge is 0.342 e.